The van der Waals surface area contributed by atoms with Gasteiger partial charge in [-0.15, -0.1) is 0 Å². The summed E-state index contributed by atoms with van der Waals surface area (Å²) in [6.45, 7) is 3.75. The maximum Gasteiger partial charge on any atom is 0.403 e. The van der Waals surface area contributed by atoms with Crippen LogP contribution in [0.25, 0.3) is 32.8 Å². The van der Waals surface area contributed by atoms with Crippen molar-refractivity contribution in [3.8, 4) is 11.3 Å². The lowest BCUT2D eigenvalue weighted by molar-refractivity contribution is -0.236. The van der Waals surface area contributed by atoms with Crippen molar-refractivity contribution >= 4 is 33.4 Å². The molecule has 3 aromatic carbocycles. The minimum atomic E-state index is -5.11. The Hall–Kier alpha value is -4.27. The number of benzene rings is 3. The second-order valence-electron chi connectivity index (χ2n) is 14.0. The fraction of sp³-hybridized carbons (Fsp3) is 0.447. The van der Waals surface area contributed by atoms with Crippen LogP contribution in [0.3, 0.4) is 0 Å². The number of piperidine rings is 1. The van der Waals surface area contributed by atoms with Gasteiger partial charge in [0.05, 0.1) is 24.4 Å². The van der Waals surface area contributed by atoms with Gasteiger partial charge >= 0.3 is 18.3 Å². The van der Waals surface area contributed by atoms with E-state index in [1.165, 1.54) is 0 Å². The zero-order valence-electron chi connectivity index (χ0n) is 28.7. The monoisotopic (exact) mass is 730 g/mol. The number of carbonyl (C=O) groups excluding carboxylic acids is 1. The Kier molecular flexibility index (Phi) is 10.5. The number of carbonyl (C=O) groups is 2. The lowest BCUT2D eigenvalue weighted by Gasteiger charge is -2.42. The summed E-state index contributed by atoms with van der Waals surface area (Å²) in [5, 5.41) is 15.5. The van der Waals surface area contributed by atoms with Crippen molar-refractivity contribution in [2.24, 2.45) is 5.41 Å². The Morgan fingerprint density at radius 3 is 2.10 bits per heavy atom. The quantitative estimate of drug-likeness (QED) is 0.180. The second kappa shape index (κ2) is 14.6. The highest BCUT2D eigenvalue weighted by Crippen LogP contribution is 2.47. The third-order valence-corrected chi connectivity index (χ3v) is 10.2. The van der Waals surface area contributed by atoms with Crippen LogP contribution in [-0.2, 0) is 27.3 Å². The van der Waals surface area contributed by atoms with Gasteiger partial charge in [-0.05, 0) is 67.1 Å². The Morgan fingerprint density at radius 1 is 0.865 bits per heavy atom. The molecule has 1 amide bonds. The summed E-state index contributed by atoms with van der Waals surface area (Å²) in [5.74, 6) is -3.10. The first kappa shape index (κ1) is 37.5. The van der Waals surface area contributed by atoms with Crippen LogP contribution >= 0.6 is 0 Å². The van der Waals surface area contributed by atoms with Gasteiger partial charge in [-0.2, -0.15) is 26.3 Å². The van der Waals surface area contributed by atoms with Crippen LogP contribution in [0, 0.1) is 5.41 Å². The number of hydrogen-bond donors (Lipinski definition) is 2. The SMILES string of the molecule is C[C@@H]1CN(Cc2cnc(-c3cccc4c(C[C@H](NC(=O)C5(C(F)(F)F)CCN(CC(F)(F)F)CC5)C(=O)O)cccc34)c3ccccc23)C[C@H](C)O1. The van der Waals surface area contributed by atoms with E-state index in [4.69, 9.17) is 9.72 Å². The summed E-state index contributed by atoms with van der Waals surface area (Å²) < 4.78 is 87.9. The summed E-state index contributed by atoms with van der Waals surface area (Å²) in [4.78, 5) is 33.8. The third-order valence-electron chi connectivity index (χ3n) is 10.2. The molecule has 0 saturated carbocycles. The molecule has 0 bridgehead atoms. The summed E-state index contributed by atoms with van der Waals surface area (Å²) in [6, 6.07) is 16.9. The van der Waals surface area contributed by atoms with Crippen LogP contribution in [-0.4, -0.2) is 95.1 Å². The van der Waals surface area contributed by atoms with E-state index in [9.17, 15) is 41.0 Å². The molecule has 2 aliphatic heterocycles. The molecule has 4 aromatic rings. The second-order valence-corrected chi connectivity index (χ2v) is 14.0. The number of carboxylic acids is 1. The van der Waals surface area contributed by atoms with Crippen molar-refractivity contribution < 1.29 is 45.8 Å². The number of pyridine rings is 1. The Bertz CT molecular complexity index is 1930. The van der Waals surface area contributed by atoms with Gasteiger partial charge in [0.25, 0.3) is 0 Å². The number of amides is 1. The van der Waals surface area contributed by atoms with Crippen molar-refractivity contribution in [1.82, 2.24) is 20.1 Å². The number of nitrogens with one attached hydrogen (secondary N) is 1. The number of alkyl halides is 6. The minimum Gasteiger partial charge on any atom is -0.480 e. The summed E-state index contributed by atoms with van der Waals surface area (Å²) in [7, 11) is 0. The van der Waals surface area contributed by atoms with E-state index in [2.05, 4.69) is 24.1 Å². The van der Waals surface area contributed by atoms with Gasteiger partial charge in [0, 0.05) is 43.2 Å². The number of hydrogen-bond acceptors (Lipinski definition) is 6. The lowest BCUT2D eigenvalue weighted by Crippen LogP contribution is -2.59. The molecule has 278 valence electrons. The molecule has 0 aliphatic carbocycles. The third kappa shape index (κ3) is 7.88. The number of aliphatic carboxylic acids is 1. The van der Waals surface area contributed by atoms with Crippen LogP contribution in [0.15, 0.2) is 66.9 Å². The van der Waals surface area contributed by atoms with Crippen LogP contribution in [0.1, 0.15) is 37.8 Å². The molecule has 8 nitrogen and oxygen atoms in total. The van der Waals surface area contributed by atoms with Crippen molar-refractivity contribution in [3.05, 3.63) is 78.0 Å². The Morgan fingerprint density at radius 2 is 1.46 bits per heavy atom. The molecule has 2 fully saturated rings. The van der Waals surface area contributed by atoms with Gasteiger partial charge in [-0.3, -0.25) is 19.6 Å². The molecule has 1 aromatic heterocycles. The molecule has 2 saturated heterocycles. The number of aromatic nitrogens is 1. The molecule has 0 unspecified atom stereocenters. The largest absolute Gasteiger partial charge is 0.480 e. The fourth-order valence-corrected chi connectivity index (χ4v) is 7.71. The number of nitrogens with zero attached hydrogens (tertiary/aromatic N) is 3. The van der Waals surface area contributed by atoms with Gasteiger partial charge in [0.2, 0.25) is 5.91 Å². The molecule has 3 heterocycles. The van der Waals surface area contributed by atoms with Gasteiger partial charge < -0.3 is 15.2 Å². The number of rotatable bonds is 9. The van der Waals surface area contributed by atoms with E-state index in [1.54, 1.807) is 24.3 Å². The first-order valence-corrected chi connectivity index (χ1v) is 17.2. The van der Waals surface area contributed by atoms with Crippen LogP contribution in [0.5, 0.6) is 0 Å². The maximum atomic E-state index is 14.4. The van der Waals surface area contributed by atoms with Gasteiger partial charge in [-0.1, -0.05) is 60.7 Å². The van der Waals surface area contributed by atoms with E-state index >= 15 is 0 Å². The topological polar surface area (TPSA) is 95.0 Å². The number of fused-ring (bicyclic) bond motifs is 2. The van der Waals surface area contributed by atoms with Crippen molar-refractivity contribution in [2.75, 3.05) is 32.7 Å². The number of likely N-dealkylation sites (tertiary alicyclic amines) is 1. The van der Waals surface area contributed by atoms with Gasteiger partial charge in [0.15, 0.2) is 0 Å². The van der Waals surface area contributed by atoms with E-state index < -0.39 is 68.2 Å². The molecular formula is C38H40F6N4O4. The smallest absolute Gasteiger partial charge is 0.403 e. The summed E-state index contributed by atoms with van der Waals surface area (Å²) in [6.07, 6.45) is -9.82. The maximum absolute atomic E-state index is 14.4. The molecule has 6 rings (SSSR count). The average Bonchev–Trinajstić information content (AvgIpc) is 3.06. The summed E-state index contributed by atoms with van der Waals surface area (Å²) >= 11 is 0. The number of halogens is 6. The van der Waals surface area contributed by atoms with E-state index in [0.29, 0.717) is 23.2 Å². The standard InChI is InChI=1S/C38H40F6N4O4/c1-23-19-48(20-24(2)52-23)21-26-18-45-33(30-9-4-3-8-28(26)30)31-12-6-10-27-25(7-5-11-29(27)31)17-32(34(49)50)46-35(51)36(38(42,43)44)13-15-47(16-14-36)22-37(39,40)41/h3-12,18,23-24,32H,13-17,19-22H2,1-2H3,(H,46,51)(H,49,50)/t23-,24+,32-/m0/s1. The minimum absolute atomic E-state index is 0.108. The van der Waals surface area contributed by atoms with Crippen LogP contribution in [0.4, 0.5) is 26.3 Å². The number of ether oxygens (including phenoxy) is 1. The van der Waals surface area contributed by atoms with Gasteiger partial charge in [-0.25, -0.2) is 4.79 Å². The highest BCUT2D eigenvalue weighted by atomic mass is 19.4. The van der Waals surface area contributed by atoms with Crippen LogP contribution < -0.4 is 5.32 Å². The highest BCUT2D eigenvalue weighted by molar-refractivity contribution is 6.05. The van der Waals surface area contributed by atoms with Crippen molar-refractivity contribution in [1.29, 1.82) is 0 Å². The van der Waals surface area contributed by atoms with Gasteiger partial charge in [0.1, 0.15) is 11.5 Å². The zero-order chi connectivity index (χ0) is 37.4. The Balaban J connectivity index is 1.28. The summed E-state index contributed by atoms with van der Waals surface area (Å²) in [5.41, 5.74) is -0.00804. The highest BCUT2D eigenvalue weighted by Gasteiger charge is 2.61. The van der Waals surface area contributed by atoms with Crippen LogP contribution in [0.2, 0.25) is 0 Å². The van der Waals surface area contributed by atoms with E-state index in [-0.39, 0.29) is 18.6 Å². The normalized spacial score (nSPS) is 20.9. The molecular weight excluding hydrogens is 690 g/mol. The van der Waals surface area contributed by atoms with Crippen molar-refractivity contribution in [3.63, 3.8) is 0 Å². The molecule has 0 radical (unpaired) electrons. The van der Waals surface area contributed by atoms with Crippen molar-refractivity contribution in [2.45, 2.75) is 70.3 Å². The average molecular weight is 731 g/mol. The molecule has 3 atom stereocenters. The predicted octanol–water partition coefficient (Wildman–Crippen LogP) is 6.98. The lowest BCUT2D eigenvalue weighted by atomic mass is 9.76. The number of carboxylic acid groups (broad SMARTS) is 1. The molecule has 2 aliphatic rings. The molecule has 0 spiro atoms. The number of morpholine rings is 1. The Labute approximate surface area is 296 Å². The first-order chi connectivity index (χ1) is 24.5. The predicted molar refractivity (Wildman–Crippen MR) is 183 cm³/mol. The first-order valence-electron chi connectivity index (χ1n) is 17.2. The molecule has 2 N–H and O–H groups in total. The molecule has 14 heteroatoms. The fourth-order valence-electron chi connectivity index (χ4n) is 7.71. The van der Waals surface area contributed by atoms with E-state index in [0.717, 1.165) is 45.3 Å². The molecule has 52 heavy (non-hydrogen) atoms. The van der Waals surface area contributed by atoms with E-state index in [1.807, 2.05) is 42.6 Å². The zero-order valence-corrected chi connectivity index (χ0v) is 28.7.